The molecule has 2 rings (SSSR count). The number of rotatable bonds is 6. The van der Waals surface area contributed by atoms with Gasteiger partial charge in [0.25, 0.3) is 5.91 Å². The molecule has 0 bridgehead atoms. The molecule has 132 valence electrons. The molecule has 0 unspecified atom stereocenters. The van der Waals surface area contributed by atoms with Crippen LogP contribution < -0.4 is 15.4 Å². The molecule has 0 heterocycles. The van der Waals surface area contributed by atoms with Gasteiger partial charge in [0.2, 0.25) is 5.91 Å². The summed E-state index contributed by atoms with van der Waals surface area (Å²) in [6.45, 7) is -3.28. The molecule has 0 aliphatic carbocycles. The Kier molecular flexibility index (Phi) is 6.55. The summed E-state index contributed by atoms with van der Waals surface area (Å²) in [6.07, 6.45) is 0. The van der Waals surface area contributed by atoms with Gasteiger partial charge in [-0.1, -0.05) is 29.3 Å². The number of amides is 2. The van der Waals surface area contributed by atoms with Crippen LogP contribution in [0.1, 0.15) is 10.4 Å². The van der Waals surface area contributed by atoms with Crippen molar-refractivity contribution >= 4 is 40.7 Å². The fraction of sp³-hybridized carbons (Fsp3) is 0.125. The number of anilines is 1. The summed E-state index contributed by atoms with van der Waals surface area (Å²) in [4.78, 5) is 23.8. The average Bonchev–Trinajstić information content (AvgIpc) is 2.55. The third-order valence-corrected chi connectivity index (χ3v) is 3.67. The van der Waals surface area contributed by atoms with E-state index in [0.717, 1.165) is 0 Å². The summed E-state index contributed by atoms with van der Waals surface area (Å²) >= 11 is 11.6. The van der Waals surface area contributed by atoms with Crippen molar-refractivity contribution in [3.63, 3.8) is 0 Å². The lowest BCUT2D eigenvalue weighted by atomic mass is 10.2. The molecule has 2 aromatic carbocycles. The maximum Gasteiger partial charge on any atom is 0.387 e. The molecule has 0 saturated carbocycles. The number of carbonyl (C=O) groups is 2. The molecule has 0 radical (unpaired) electrons. The summed E-state index contributed by atoms with van der Waals surface area (Å²) in [5.41, 5.74) is 0.501. The second-order valence-electron chi connectivity index (χ2n) is 4.77. The van der Waals surface area contributed by atoms with Gasteiger partial charge in [0, 0.05) is 17.3 Å². The summed E-state index contributed by atoms with van der Waals surface area (Å²) in [6, 6.07) is 9.82. The normalized spacial score (nSPS) is 10.4. The van der Waals surface area contributed by atoms with Crippen molar-refractivity contribution in [1.29, 1.82) is 0 Å². The number of benzene rings is 2. The van der Waals surface area contributed by atoms with Crippen LogP contribution in [0.25, 0.3) is 0 Å². The van der Waals surface area contributed by atoms with Gasteiger partial charge >= 0.3 is 6.61 Å². The second-order valence-corrected chi connectivity index (χ2v) is 5.58. The maximum atomic E-state index is 12.2. The molecule has 2 aromatic rings. The molecule has 2 N–H and O–H groups in total. The van der Waals surface area contributed by atoms with E-state index in [0.29, 0.717) is 5.02 Å². The minimum atomic E-state index is -2.96. The average molecular weight is 389 g/mol. The highest BCUT2D eigenvalue weighted by Crippen LogP contribution is 2.22. The Morgan fingerprint density at radius 1 is 1.08 bits per heavy atom. The van der Waals surface area contributed by atoms with E-state index in [2.05, 4.69) is 15.4 Å². The first-order valence-corrected chi connectivity index (χ1v) is 7.68. The van der Waals surface area contributed by atoms with Crippen molar-refractivity contribution < 1.29 is 23.1 Å². The highest BCUT2D eigenvalue weighted by Gasteiger charge is 2.11. The highest BCUT2D eigenvalue weighted by atomic mass is 35.5. The topological polar surface area (TPSA) is 67.4 Å². The first kappa shape index (κ1) is 19.0. The Morgan fingerprint density at radius 2 is 1.84 bits per heavy atom. The van der Waals surface area contributed by atoms with E-state index in [9.17, 15) is 18.4 Å². The van der Waals surface area contributed by atoms with Crippen LogP contribution in [-0.2, 0) is 4.79 Å². The second kappa shape index (κ2) is 8.64. The van der Waals surface area contributed by atoms with Crippen molar-refractivity contribution in [3.05, 3.63) is 58.1 Å². The van der Waals surface area contributed by atoms with Gasteiger partial charge in [-0.05, 0) is 30.3 Å². The molecule has 0 aliphatic rings. The number of hydrogen-bond donors (Lipinski definition) is 2. The molecular formula is C16H12Cl2F2N2O3. The van der Waals surface area contributed by atoms with Gasteiger partial charge in [-0.2, -0.15) is 8.78 Å². The first-order valence-electron chi connectivity index (χ1n) is 6.93. The van der Waals surface area contributed by atoms with Crippen LogP contribution in [0.4, 0.5) is 14.5 Å². The van der Waals surface area contributed by atoms with Gasteiger partial charge in [-0.15, -0.1) is 0 Å². The number of ether oxygens (including phenoxy) is 1. The molecule has 0 fully saturated rings. The van der Waals surface area contributed by atoms with E-state index >= 15 is 0 Å². The molecule has 2 amide bonds. The minimum absolute atomic E-state index is 0.0901. The van der Waals surface area contributed by atoms with Crippen LogP contribution >= 0.6 is 23.2 Å². The number of nitrogens with one attached hydrogen (secondary N) is 2. The lowest BCUT2D eigenvalue weighted by Gasteiger charge is -2.09. The smallest absolute Gasteiger partial charge is 0.387 e. The van der Waals surface area contributed by atoms with E-state index in [1.807, 2.05) is 0 Å². The van der Waals surface area contributed by atoms with Crippen LogP contribution in [0.5, 0.6) is 5.75 Å². The third-order valence-electron chi connectivity index (χ3n) is 2.93. The standard InChI is InChI=1S/C16H12Cl2F2N2O3/c17-12-5-4-9(6-13(12)18)15(24)21-8-14(23)22-10-2-1-3-11(7-10)25-16(19)20/h1-7,16H,8H2,(H,21,24)(H,22,23). The van der Waals surface area contributed by atoms with Crippen LogP contribution in [0, 0.1) is 0 Å². The third kappa shape index (κ3) is 5.88. The summed E-state index contributed by atoms with van der Waals surface area (Å²) in [5.74, 6) is -1.14. The van der Waals surface area contributed by atoms with Crippen molar-refractivity contribution in [2.45, 2.75) is 6.61 Å². The van der Waals surface area contributed by atoms with Crippen LogP contribution in [0.3, 0.4) is 0 Å². The summed E-state index contributed by atoms with van der Waals surface area (Å²) in [5, 5.41) is 5.39. The largest absolute Gasteiger partial charge is 0.435 e. The van der Waals surface area contributed by atoms with Crippen LogP contribution in [-0.4, -0.2) is 25.0 Å². The van der Waals surface area contributed by atoms with E-state index in [-0.39, 0.29) is 28.6 Å². The lowest BCUT2D eigenvalue weighted by molar-refractivity contribution is -0.115. The van der Waals surface area contributed by atoms with Crippen LogP contribution in [0.2, 0.25) is 10.0 Å². The lowest BCUT2D eigenvalue weighted by Crippen LogP contribution is -2.32. The molecule has 25 heavy (non-hydrogen) atoms. The van der Waals surface area contributed by atoms with Crippen molar-refractivity contribution in [3.8, 4) is 5.75 Å². The maximum absolute atomic E-state index is 12.2. The highest BCUT2D eigenvalue weighted by molar-refractivity contribution is 6.42. The number of alkyl halides is 2. The SMILES string of the molecule is O=C(CNC(=O)c1ccc(Cl)c(Cl)c1)Nc1cccc(OC(F)F)c1. The van der Waals surface area contributed by atoms with Gasteiger partial charge in [0.05, 0.1) is 16.6 Å². The van der Waals surface area contributed by atoms with E-state index in [1.54, 1.807) is 0 Å². The van der Waals surface area contributed by atoms with E-state index in [4.69, 9.17) is 23.2 Å². The van der Waals surface area contributed by atoms with Gasteiger partial charge in [-0.3, -0.25) is 9.59 Å². The zero-order valence-corrected chi connectivity index (χ0v) is 14.1. The number of hydrogen-bond acceptors (Lipinski definition) is 3. The van der Waals surface area contributed by atoms with Crippen molar-refractivity contribution in [2.75, 3.05) is 11.9 Å². The molecule has 0 spiro atoms. The zero-order chi connectivity index (χ0) is 18.4. The number of halogens is 4. The predicted molar refractivity (Wildman–Crippen MR) is 90.5 cm³/mol. The van der Waals surface area contributed by atoms with Gasteiger partial charge in [0.15, 0.2) is 0 Å². The molecule has 0 aromatic heterocycles. The molecular weight excluding hydrogens is 377 g/mol. The molecule has 0 aliphatic heterocycles. The van der Waals surface area contributed by atoms with Gasteiger partial charge < -0.3 is 15.4 Å². The monoisotopic (exact) mass is 388 g/mol. The van der Waals surface area contributed by atoms with Gasteiger partial charge in [-0.25, -0.2) is 0 Å². The molecule has 5 nitrogen and oxygen atoms in total. The molecule has 9 heteroatoms. The Balaban J connectivity index is 1.90. The fourth-order valence-electron chi connectivity index (χ4n) is 1.86. The van der Waals surface area contributed by atoms with Crippen molar-refractivity contribution in [1.82, 2.24) is 5.32 Å². The van der Waals surface area contributed by atoms with Gasteiger partial charge in [0.1, 0.15) is 5.75 Å². The fourth-order valence-corrected chi connectivity index (χ4v) is 2.15. The minimum Gasteiger partial charge on any atom is -0.435 e. The Morgan fingerprint density at radius 3 is 2.52 bits per heavy atom. The van der Waals surface area contributed by atoms with Crippen molar-refractivity contribution in [2.24, 2.45) is 0 Å². The molecule has 0 atom stereocenters. The molecule has 0 saturated heterocycles. The summed E-state index contributed by atoms with van der Waals surface area (Å²) in [7, 11) is 0. The van der Waals surface area contributed by atoms with E-state index < -0.39 is 18.4 Å². The van der Waals surface area contributed by atoms with Crippen LogP contribution in [0.15, 0.2) is 42.5 Å². The first-order chi connectivity index (χ1) is 11.8. The Hall–Kier alpha value is -2.38. The summed E-state index contributed by atoms with van der Waals surface area (Å²) < 4.78 is 28.6. The predicted octanol–water partition coefficient (Wildman–Crippen LogP) is 3.96. The number of carbonyl (C=O) groups excluding carboxylic acids is 2. The quantitative estimate of drug-likeness (QED) is 0.786. The Bertz CT molecular complexity index is 788. The van der Waals surface area contributed by atoms with E-state index in [1.165, 1.54) is 42.5 Å². The Labute approximate surface area is 151 Å². The zero-order valence-electron chi connectivity index (χ0n) is 12.6.